The summed E-state index contributed by atoms with van der Waals surface area (Å²) in [6.45, 7) is 4.13. The molecule has 1 fully saturated rings. The van der Waals surface area contributed by atoms with Gasteiger partial charge in [0, 0.05) is 38.2 Å². The minimum atomic E-state index is -0.174. The normalized spacial score (nSPS) is 21.4. The Morgan fingerprint density at radius 1 is 1.26 bits per heavy atom. The molecule has 0 radical (unpaired) electrons. The van der Waals surface area contributed by atoms with Gasteiger partial charge in [-0.15, -0.1) is 0 Å². The lowest BCUT2D eigenvalue weighted by Crippen LogP contribution is -2.48. The van der Waals surface area contributed by atoms with E-state index in [-0.39, 0.29) is 17.7 Å². The van der Waals surface area contributed by atoms with Crippen LogP contribution in [0.1, 0.15) is 23.6 Å². The molecule has 0 bridgehead atoms. The van der Waals surface area contributed by atoms with Gasteiger partial charge in [0.05, 0.1) is 18.3 Å². The van der Waals surface area contributed by atoms with Crippen molar-refractivity contribution in [1.82, 2.24) is 14.8 Å². The Hall–Kier alpha value is -2.22. The van der Waals surface area contributed by atoms with Crippen molar-refractivity contribution in [1.29, 1.82) is 0 Å². The Labute approximate surface area is 163 Å². The highest BCUT2D eigenvalue weighted by Gasteiger charge is 2.34. The Balaban J connectivity index is 1.56. The van der Waals surface area contributed by atoms with Crippen LogP contribution in [0.3, 0.4) is 0 Å². The van der Waals surface area contributed by atoms with E-state index < -0.39 is 0 Å². The molecule has 4 rings (SSSR count). The third kappa shape index (κ3) is 4.05. The number of rotatable bonds is 4. The molecule has 1 aromatic carbocycles. The van der Waals surface area contributed by atoms with Gasteiger partial charge in [0.15, 0.2) is 0 Å². The second kappa shape index (κ2) is 7.80. The minimum Gasteiger partial charge on any atom is -0.508 e. The number of piperazine rings is 1. The highest BCUT2D eigenvalue weighted by molar-refractivity contribution is 7.08. The number of amides is 1. The fourth-order valence-corrected chi connectivity index (χ4v) is 4.27. The van der Waals surface area contributed by atoms with Crippen molar-refractivity contribution in [3.8, 4) is 5.75 Å². The van der Waals surface area contributed by atoms with Crippen LogP contribution in [0.4, 0.5) is 0 Å². The number of thiophene rings is 1. The van der Waals surface area contributed by atoms with Crippen LogP contribution in [-0.4, -0.2) is 71.3 Å². The SMILES string of the molecule is CN1CCN(CC(=O)N2N=C(c3ccsc3)C[C@H]2c2cccc(O)c2)CC1. The number of hydrogen-bond acceptors (Lipinski definition) is 6. The molecular weight excluding hydrogens is 360 g/mol. The van der Waals surface area contributed by atoms with Gasteiger partial charge >= 0.3 is 0 Å². The average Bonchev–Trinajstić information content (AvgIpc) is 3.33. The van der Waals surface area contributed by atoms with Crippen LogP contribution in [0, 0.1) is 0 Å². The van der Waals surface area contributed by atoms with Gasteiger partial charge in [-0.3, -0.25) is 9.69 Å². The number of likely N-dealkylation sites (N-methyl/N-ethyl adjacent to an activating group) is 1. The van der Waals surface area contributed by atoms with Crippen LogP contribution in [0.25, 0.3) is 0 Å². The maximum Gasteiger partial charge on any atom is 0.257 e. The Kier molecular flexibility index (Phi) is 5.24. The van der Waals surface area contributed by atoms with Gasteiger partial charge in [-0.2, -0.15) is 16.4 Å². The summed E-state index contributed by atoms with van der Waals surface area (Å²) in [5.74, 6) is 0.223. The third-order valence-corrected chi connectivity index (χ3v) is 5.91. The van der Waals surface area contributed by atoms with E-state index in [4.69, 9.17) is 0 Å². The zero-order valence-corrected chi connectivity index (χ0v) is 16.2. The molecule has 0 saturated carbocycles. The lowest BCUT2D eigenvalue weighted by atomic mass is 9.99. The first-order chi connectivity index (χ1) is 13.1. The molecule has 1 N–H and O–H groups in total. The maximum atomic E-state index is 13.1. The predicted octanol–water partition coefficient (Wildman–Crippen LogP) is 2.38. The predicted molar refractivity (Wildman–Crippen MR) is 107 cm³/mol. The number of phenols is 1. The molecule has 0 spiro atoms. The van der Waals surface area contributed by atoms with Gasteiger partial charge in [-0.25, -0.2) is 5.01 Å². The third-order valence-electron chi connectivity index (χ3n) is 5.23. The summed E-state index contributed by atoms with van der Waals surface area (Å²) in [6, 6.07) is 9.01. The van der Waals surface area contributed by atoms with E-state index in [0.717, 1.165) is 43.0 Å². The van der Waals surface area contributed by atoms with Crippen LogP contribution in [-0.2, 0) is 4.79 Å². The molecule has 7 heteroatoms. The smallest absolute Gasteiger partial charge is 0.257 e. The van der Waals surface area contributed by atoms with Crippen molar-refractivity contribution in [2.45, 2.75) is 12.5 Å². The molecule has 6 nitrogen and oxygen atoms in total. The molecule has 142 valence electrons. The molecule has 0 aliphatic carbocycles. The van der Waals surface area contributed by atoms with E-state index in [0.29, 0.717) is 13.0 Å². The monoisotopic (exact) mass is 384 g/mol. The summed E-state index contributed by atoms with van der Waals surface area (Å²) in [6.07, 6.45) is 0.661. The first-order valence-corrected chi connectivity index (χ1v) is 10.2. The van der Waals surface area contributed by atoms with Crippen LogP contribution < -0.4 is 0 Å². The van der Waals surface area contributed by atoms with Gasteiger partial charge in [-0.1, -0.05) is 12.1 Å². The Morgan fingerprint density at radius 3 is 2.78 bits per heavy atom. The Bertz CT molecular complexity index is 828. The molecule has 2 aliphatic heterocycles. The molecule has 2 aliphatic rings. The minimum absolute atomic E-state index is 0.0122. The number of aromatic hydroxyl groups is 1. The van der Waals surface area contributed by atoms with Crippen LogP contribution in [0.15, 0.2) is 46.2 Å². The number of hydrogen-bond donors (Lipinski definition) is 1. The maximum absolute atomic E-state index is 13.1. The molecule has 1 aromatic heterocycles. The fraction of sp³-hybridized carbons (Fsp3) is 0.400. The zero-order valence-electron chi connectivity index (χ0n) is 15.4. The van der Waals surface area contributed by atoms with Crippen molar-refractivity contribution in [2.75, 3.05) is 39.8 Å². The van der Waals surface area contributed by atoms with Crippen molar-refractivity contribution in [3.63, 3.8) is 0 Å². The molecule has 1 saturated heterocycles. The molecular formula is C20H24N4O2S. The van der Waals surface area contributed by atoms with Crippen molar-refractivity contribution >= 4 is 23.0 Å². The van der Waals surface area contributed by atoms with Gasteiger partial charge in [0.2, 0.25) is 0 Å². The van der Waals surface area contributed by atoms with Crippen LogP contribution >= 0.6 is 11.3 Å². The number of phenolic OH excluding ortho intramolecular Hbond substituents is 1. The topological polar surface area (TPSA) is 59.4 Å². The number of carbonyl (C=O) groups excluding carboxylic acids is 1. The Morgan fingerprint density at radius 2 is 2.07 bits per heavy atom. The van der Waals surface area contributed by atoms with E-state index in [1.165, 1.54) is 0 Å². The largest absolute Gasteiger partial charge is 0.508 e. The van der Waals surface area contributed by atoms with E-state index >= 15 is 0 Å². The summed E-state index contributed by atoms with van der Waals surface area (Å²) >= 11 is 1.63. The van der Waals surface area contributed by atoms with Gasteiger partial charge in [0.25, 0.3) is 5.91 Å². The molecule has 27 heavy (non-hydrogen) atoms. The molecule has 2 aromatic rings. The fourth-order valence-electron chi connectivity index (χ4n) is 3.60. The van der Waals surface area contributed by atoms with Gasteiger partial charge in [-0.05, 0) is 41.6 Å². The number of hydrazone groups is 1. The van der Waals surface area contributed by atoms with Crippen molar-refractivity contribution in [2.24, 2.45) is 5.10 Å². The summed E-state index contributed by atoms with van der Waals surface area (Å²) < 4.78 is 0. The summed E-state index contributed by atoms with van der Waals surface area (Å²) in [5, 5.41) is 20.3. The van der Waals surface area contributed by atoms with Crippen LogP contribution in [0.2, 0.25) is 0 Å². The summed E-state index contributed by atoms with van der Waals surface area (Å²) in [7, 11) is 2.11. The van der Waals surface area contributed by atoms with E-state index in [1.807, 2.05) is 23.6 Å². The lowest BCUT2D eigenvalue weighted by molar-refractivity contribution is -0.134. The average molecular weight is 385 g/mol. The number of nitrogens with zero attached hydrogens (tertiary/aromatic N) is 4. The quantitative estimate of drug-likeness (QED) is 0.879. The molecule has 3 heterocycles. The van der Waals surface area contributed by atoms with E-state index in [2.05, 4.69) is 27.3 Å². The molecule has 1 amide bonds. The first-order valence-electron chi connectivity index (χ1n) is 9.22. The number of carbonyl (C=O) groups is 1. The summed E-state index contributed by atoms with van der Waals surface area (Å²) in [4.78, 5) is 17.6. The zero-order chi connectivity index (χ0) is 18.8. The van der Waals surface area contributed by atoms with E-state index in [1.54, 1.807) is 28.5 Å². The standard InChI is InChI=1S/C20H24N4O2S/c1-22-6-8-23(9-7-22)13-20(26)24-19(15-3-2-4-17(25)11-15)12-18(21-24)16-5-10-27-14-16/h2-5,10-11,14,19,25H,6-9,12-13H2,1H3/t19-/m0/s1. The van der Waals surface area contributed by atoms with Gasteiger partial charge in [0.1, 0.15) is 5.75 Å². The van der Waals surface area contributed by atoms with Crippen molar-refractivity contribution < 1.29 is 9.90 Å². The summed E-state index contributed by atoms with van der Waals surface area (Å²) in [5.41, 5.74) is 2.91. The van der Waals surface area contributed by atoms with Crippen molar-refractivity contribution in [3.05, 3.63) is 52.2 Å². The van der Waals surface area contributed by atoms with E-state index in [9.17, 15) is 9.90 Å². The van der Waals surface area contributed by atoms with Gasteiger partial charge < -0.3 is 10.0 Å². The lowest BCUT2D eigenvalue weighted by Gasteiger charge is -2.33. The second-order valence-electron chi connectivity index (χ2n) is 7.19. The first kappa shape index (κ1) is 18.2. The molecule has 0 unspecified atom stereocenters. The highest BCUT2D eigenvalue weighted by atomic mass is 32.1. The second-order valence-corrected chi connectivity index (χ2v) is 7.97. The van der Waals surface area contributed by atoms with Crippen LogP contribution in [0.5, 0.6) is 5.75 Å². The molecule has 1 atom stereocenters. The highest BCUT2D eigenvalue weighted by Crippen LogP contribution is 2.34. The number of benzene rings is 1.